The van der Waals surface area contributed by atoms with Crippen LogP contribution in [0.3, 0.4) is 0 Å². The molecule has 24 heavy (non-hydrogen) atoms. The average Bonchev–Trinajstić information content (AvgIpc) is 3.03. The van der Waals surface area contributed by atoms with Crippen LogP contribution in [0.25, 0.3) is 6.20 Å². The van der Waals surface area contributed by atoms with Crippen LogP contribution in [0.15, 0.2) is 36.0 Å². The van der Waals surface area contributed by atoms with Crippen LogP contribution < -0.4 is 5.32 Å². The van der Waals surface area contributed by atoms with Crippen LogP contribution in [0, 0.1) is 22.7 Å². The van der Waals surface area contributed by atoms with Gasteiger partial charge < -0.3 is 10.1 Å². The van der Waals surface area contributed by atoms with Crippen LogP contribution in [0.4, 0.5) is 0 Å². The van der Waals surface area contributed by atoms with Gasteiger partial charge in [0.1, 0.15) is 17.8 Å². The fourth-order valence-corrected chi connectivity index (χ4v) is 1.68. The minimum absolute atomic E-state index is 0.202. The number of ether oxygens (including phenoxy) is 1. The molecule has 9 nitrogen and oxygen atoms in total. The van der Waals surface area contributed by atoms with E-state index in [2.05, 4.69) is 20.3 Å². The normalized spacial score (nSPS) is 10.4. The number of amides is 1. The summed E-state index contributed by atoms with van der Waals surface area (Å²) in [4.78, 5) is 24.8. The van der Waals surface area contributed by atoms with Crippen molar-refractivity contribution >= 4 is 18.1 Å². The highest BCUT2D eigenvalue weighted by Crippen LogP contribution is 2.04. The Morgan fingerprint density at radius 3 is 2.25 bits per heavy atom. The predicted molar refractivity (Wildman–Crippen MR) is 79.6 cm³/mol. The van der Waals surface area contributed by atoms with E-state index >= 15 is 0 Å². The number of methoxy groups -OCH3 is 1. The monoisotopic (exact) mass is 322 g/mol. The van der Waals surface area contributed by atoms with Crippen molar-refractivity contribution in [2.45, 2.75) is 0 Å². The van der Waals surface area contributed by atoms with E-state index in [9.17, 15) is 9.59 Å². The number of hydrogen-bond donors (Lipinski definition) is 1. The minimum atomic E-state index is -0.839. The van der Waals surface area contributed by atoms with Crippen molar-refractivity contribution in [1.29, 1.82) is 10.5 Å². The van der Waals surface area contributed by atoms with Gasteiger partial charge in [-0.15, -0.1) is 10.2 Å². The topological polar surface area (TPSA) is 134 Å². The molecule has 2 aromatic rings. The second-order valence-corrected chi connectivity index (χ2v) is 4.30. The number of hydrogen-bond acceptors (Lipinski definition) is 7. The Hall–Kier alpha value is -3.98. The number of carbonyl (C=O) groups is 2. The van der Waals surface area contributed by atoms with Gasteiger partial charge in [-0.2, -0.15) is 15.3 Å². The number of nitriles is 2. The quantitative estimate of drug-likeness (QED) is 0.637. The summed E-state index contributed by atoms with van der Waals surface area (Å²) in [5.74, 6) is -1.38. The van der Waals surface area contributed by atoms with Crippen molar-refractivity contribution in [3.8, 4) is 12.1 Å². The van der Waals surface area contributed by atoms with Crippen LogP contribution in [0.2, 0.25) is 0 Å². The maximum atomic E-state index is 12.1. The Balaban J connectivity index is 2.34. The first-order chi connectivity index (χ1) is 11.6. The van der Waals surface area contributed by atoms with Crippen molar-refractivity contribution in [3.63, 3.8) is 0 Å². The minimum Gasteiger partial charge on any atom is -0.464 e. The molecule has 0 radical (unpaired) electrons. The summed E-state index contributed by atoms with van der Waals surface area (Å²) < 4.78 is 4.59. The highest BCUT2D eigenvalue weighted by molar-refractivity contribution is 6.02. The van der Waals surface area contributed by atoms with Gasteiger partial charge in [-0.25, -0.2) is 4.79 Å². The smallest absolute Gasteiger partial charge is 0.356 e. The van der Waals surface area contributed by atoms with Crippen LogP contribution in [-0.2, 0) is 9.53 Å². The molecular weight excluding hydrogens is 312 g/mol. The zero-order valence-electron chi connectivity index (χ0n) is 12.4. The van der Waals surface area contributed by atoms with E-state index in [0.717, 1.165) is 18.1 Å². The summed E-state index contributed by atoms with van der Waals surface area (Å²) in [5.41, 5.74) is -0.328. The number of nitrogens with zero attached hydrogens (tertiary/aromatic N) is 5. The molecular formula is C15H10N6O3. The van der Waals surface area contributed by atoms with Gasteiger partial charge in [0.25, 0.3) is 5.91 Å². The largest absolute Gasteiger partial charge is 0.464 e. The van der Waals surface area contributed by atoms with Gasteiger partial charge in [-0.1, -0.05) is 18.2 Å². The number of nitrogens with one attached hydrogen (secondary N) is 1. The zero-order chi connectivity index (χ0) is 17.5. The van der Waals surface area contributed by atoms with E-state index in [1.54, 1.807) is 42.5 Å². The van der Waals surface area contributed by atoms with Gasteiger partial charge in [-0.3, -0.25) is 4.79 Å². The molecule has 0 spiro atoms. The van der Waals surface area contributed by atoms with Crippen LogP contribution in [0.5, 0.6) is 0 Å². The molecule has 0 saturated carbocycles. The van der Waals surface area contributed by atoms with Gasteiger partial charge in [-0.05, 0) is 12.1 Å². The van der Waals surface area contributed by atoms with E-state index in [0.29, 0.717) is 5.56 Å². The van der Waals surface area contributed by atoms with Gasteiger partial charge in [0.2, 0.25) is 11.4 Å². The third-order valence-corrected chi connectivity index (χ3v) is 2.78. The maximum absolute atomic E-state index is 12.1. The zero-order valence-corrected chi connectivity index (χ0v) is 12.4. The van der Waals surface area contributed by atoms with Gasteiger partial charge >= 0.3 is 5.97 Å². The van der Waals surface area contributed by atoms with Crippen molar-refractivity contribution in [3.05, 3.63) is 53.0 Å². The average molecular weight is 322 g/mol. The van der Waals surface area contributed by atoms with Crippen molar-refractivity contribution in [1.82, 2.24) is 20.3 Å². The Bertz CT molecular complexity index is 855. The van der Waals surface area contributed by atoms with Crippen molar-refractivity contribution < 1.29 is 14.3 Å². The Morgan fingerprint density at radius 2 is 1.75 bits per heavy atom. The molecule has 1 aromatic heterocycles. The Morgan fingerprint density at radius 1 is 1.17 bits per heavy atom. The molecule has 0 unspecified atom stereocenters. The van der Waals surface area contributed by atoms with E-state index in [4.69, 9.17) is 10.5 Å². The molecule has 0 saturated heterocycles. The lowest BCUT2D eigenvalue weighted by Crippen LogP contribution is -2.28. The summed E-state index contributed by atoms with van der Waals surface area (Å²) in [7, 11) is 1.14. The first-order valence-electron chi connectivity index (χ1n) is 6.52. The molecule has 0 aliphatic carbocycles. The second-order valence-electron chi connectivity index (χ2n) is 4.30. The van der Waals surface area contributed by atoms with E-state index in [-0.39, 0.29) is 17.1 Å². The van der Waals surface area contributed by atoms with E-state index in [1.807, 2.05) is 0 Å². The molecule has 1 amide bonds. The lowest BCUT2D eigenvalue weighted by atomic mass is 10.2. The van der Waals surface area contributed by atoms with E-state index < -0.39 is 11.9 Å². The molecule has 9 heteroatoms. The third kappa shape index (κ3) is 3.61. The first kappa shape index (κ1) is 16.4. The van der Waals surface area contributed by atoms with Gasteiger partial charge in [0.05, 0.1) is 13.3 Å². The number of carbonyl (C=O) groups excluding carboxylic acids is 2. The maximum Gasteiger partial charge on any atom is 0.356 e. The Labute approximate surface area is 136 Å². The van der Waals surface area contributed by atoms with Crippen LogP contribution >= 0.6 is 0 Å². The highest BCUT2D eigenvalue weighted by Gasteiger charge is 2.17. The molecule has 1 N–H and O–H groups in total. The molecule has 1 aromatic carbocycles. The number of benzene rings is 1. The summed E-state index contributed by atoms with van der Waals surface area (Å²) >= 11 is 0. The molecule has 0 fully saturated rings. The fourth-order valence-electron chi connectivity index (χ4n) is 1.68. The molecule has 0 aliphatic heterocycles. The van der Waals surface area contributed by atoms with Gasteiger partial charge in [0.15, 0.2) is 0 Å². The molecule has 0 bridgehead atoms. The lowest BCUT2D eigenvalue weighted by Gasteiger charge is -2.07. The van der Waals surface area contributed by atoms with E-state index in [1.165, 1.54) is 0 Å². The second kappa shape index (κ2) is 7.33. The van der Waals surface area contributed by atoms with Crippen molar-refractivity contribution in [2.24, 2.45) is 0 Å². The summed E-state index contributed by atoms with van der Waals surface area (Å²) in [5, 5.41) is 27.5. The highest BCUT2D eigenvalue weighted by atomic mass is 16.5. The summed E-state index contributed by atoms with van der Waals surface area (Å²) in [6.45, 7) is 0. The van der Waals surface area contributed by atoms with Crippen molar-refractivity contribution in [2.75, 3.05) is 7.11 Å². The summed E-state index contributed by atoms with van der Waals surface area (Å²) in [6, 6.07) is 11.6. The standard InChI is InChI=1S/C15H10N6O3/c1-24-15(23)13(18-14(22)10-5-3-2-4-6-10)9-21-19-11(7-16)12(8-17)20-21/h2-6,9H,1H3,(H,18,22)/b13-9-. The van der Waals surface area contributed by atoms with Crippen LogP contribution in [-0.4, -0.2) is 34.0 Å². The summed E-state index contributed by atoms with van der Waals surface area (Å²) in [6.07, 6.45) is 1.05. The molecule has 2 rings (SSSR count). The van der Waals surface area contributed by atoms with Gasteiger partial charge in [0, 0.05) is 5.56 Å². The van der Waals surface area contributed by atoms with Crippen LogP contribution in [0.1, 0.15) is 21.7 Å². The molecule has 0 atom stereocenters. The number of rotatable bonds is 4. The fraction of sp³-hybridized carbons (Fsp3) is 0.0667. The number of esters is 1. The molecule has 1 heterocycles. The predicted octanol–water partition coefficient (Wildman–Crippen LogP) is 0.423. The number of aromatic nitrogens is 3. The Kier molecular flexibility index (Phi) is 5.01. The SMILES string of the molecule is COC(=O)/C(=C/n1nc(C#N)c(C#N)n1)NC(=O)c1ccccc1. The molecule has 118 valence electrons. The lowest BCUT2D eigenvalue weighted by molar-refractivity contribution is -0.136. The first-order valence-corrected chi connectivity index (χ1v) is 6.52. The molecule has 0 aliphatic rings. The third-order valence-electron chi connectivity index (χ3n) is 2.78.